The molecule has 6 nitrogen and oxygen atoms in total. The number of ether oxygens (including phenoxy) is 3. The van der Waals surface area contributed by atoms with Crippen LogP contribution in [0.25, 0.3) is 0 Å². The zero-order valence-corrected chi connectivity index (χ0v) is 22.2. The highest BCUT2D eigenvalue weighted by Crippen LogP contribution is 2.41. The monoisotopic (exact) mass is 529 g/mol. The van der Waals surface area contributed by atoms with Gasteiger partial charge in [-0.05, 0) is 48.7 Å². The predicted molar refractivity (Wildman–Crippen MR) is 143 cm³/mol. The molecule has 0 aliphatic rings. The smallest absolute Gasteiger partial charge is 0.326 e. The van der Waals surface area contributed by atoms with Crippen LogP contribution in [0.4, 0.5) is 5.69 Å². The Hall–Kier alpha value is -3.22. The number of hydrogen-bond acceptors (Lipinski definition) is 5. The van der Waals surface area contributed by atoms with E-state index in [1.807, 2.05) is 42.5 Å². The topological polar surface area (TPSA) is 65.1 Å². The summed E-state index contributed by atoms with van der Waals surface area (Å²) in [7, 11) is 1.62. The molecule has 3 aromatic carbocycles. The molecule has 190 valence electrons. The standard InChI is InChI=1S/C28H29Cl2NO5/c1-5-35-27(33)17-31(26(32)13-19-9-7-6-8-10-19)20-14-23(29)28(24(30)15-20)36-21-11-12-25(34-4)22(16-21)18(2)3/h6-12,14-16,18H,5,13,17H2,1-4H3. The van der Waals surface area contributed by atoms with Crippen LogP contribution in [-0.4, -0.2) is 32.1 Å². The van der Waals surface area contributed by atoms with E-state index in [9.17, 15) is 9.59 Å². The molecule has 0 saturated heterocycles. The Labute approximate surface area is 221 Å². The molecule has 0 unspecified atom stereocenters. The third-order valence-electron chi connectivity index (χ3n) is 5.43. The Balaban J connectivity index is 1.92. The number of hydrogen-bond donors (Lipinski definition) is 0. The van der Waals surface area contributed by atoms with E-state index in [2.05, 4.69) is 13.8 Å². The van der Waals surface area contributed by atoms with Crippen LogP contribution in [0.5, 0.6) is 17.2 Å². The van der Waals surface area contributed by atoms with E-state index < -0.39 is 5.97 Å². The number of esters is 1. The van der Waals surface area contributed by atoms with Gasteiger partial charge in [-0.3, -0.25) is 9.59 Å². The molecule has 0 aliphatic carbocycles. The van der Waals surface area contributed by atoms with Gasteiger partial charge in [0, 0.05) is 11.3 Å². The van der Waals surface area contributed by atoms with Gasteiger partial charge in [0.05, 0.1) is 30.2 Å². The second-order valence-electron chi connectivity index (χ2n) is 8.35. The second-order valence-corrected chi connectivity index (χ2v) is 9.16. The number of carbonyl (C=O) groups excluding carboxylic acids is 2. The summed E-state index contributed by atoms with van der Waals surface area (Å²) in [5.74, 6) is 0.922. The van der Waals surface area contributed by atoms with Crippen molar-refractivity contribution < 1.29 is 23.8 Å². The van der Waals surface area contributed by atoms with E-state index in [1.54, 1.807) is 32.2 Å². The van der Waals surface area contributed by atoms with Gasteiger partial charge in [-0.25, -0.2) is 0 Å². The van der Waals surface area contributed by atoms with Gasteiger partial charge in [0.1, 0.15) is 18.0 Å². The number of anilines is 1. The minimum atomic E-state index is -0.536. The van der Waals surface area contributed by atoms with Crippen LogP contribution in [0, 0.1) is 0 Å². The number of halogens is 2. The van der Waals surface area contributed by atoms with Crippen LogP contribution in [0.2, 0.25) is 10.0 Å². The molecule has 3 aromatic rings. The zero-order valence-electron chi connectivity index (χ0n) is 20.7. The number of methoxy groups -OCH3 is 1. The van der Waals surface area contributed by atoms with E-state index in [0.29, 0.717) is 11.4 Å². The first-order valence-corrected chi connectivity index (χ1v) is 12.3. The maximum atomic E-state index is 13.2. The lowest BCUT2D eigenvalue weighted by molar-refractivity contribution is -0.142. The number of benzene rings is 3. The average Bonchev–Trinajstić information content (AvgIpc) is 2.85. The second kappa shape index (κ2) is 12.7. The first-order valence-electron chi connectivity index (χ1n) is 11.6. The highest BCUT2D eigenvalue weighted by molar-refractivity contribution is 6.37. The molecule has 0 bridgehead atoms. The van der Waals surface area contributed by atoms with Crippen LogP contribution in [0.1, 0.15) is 37.8 Å². The van der Waals surface area contributed by atoms with Crippen LogP contribution in [-0.2, 0) is 20.7 Å². The molecule has 3 rings (SSSR count). The summed E-state index contributed by atoms with van der Waals surface area (Å²) in [5.41, 5.74) is 2.16. The summed E-state index contributed by atoms with van der Waals surface area (Å²) in [4.78, 5) is 26.8. The first-order chi connectivity index (χ1) is 17.2. The van der Waals surface area contributed by atoms with Crippen molar-refractivity contribution in [1.82, 2.24) is 0 Å². The Morgan fingerprint density at radius 1 is 0.972 bits per heavy atom. The van der Waals surface area contributed by atoms with Crippen molar-refractivity contribution in [3.63, 3.8) is 0 Å². The largest absolute Gasteiger partial charge is 0.496 e. The van der Waals surface area contributed by atoms with Crippen molar-refractivity contribution in [1.29, 1.82) is 0 Å². The molecule has 1 amide bonds. The van der Waals surface area contributed by atoms with Crippen LogP contribution in [0.3, 0.4) is 0 Å². The van der Waals surface area contributed by atoms with E-state index in [1.165, 1.54) is 4.90 Å². The van der Waals surface area contributed by atoms with Crippen molar-refractivity contribution in [2.45, 2.75) is 33.1 Å². The molecule has 0 spiro atoms. The van der Waals surface area contributed by atoms with Crippen LogP contribution < -0.4 is 14.4 Å². The molecule has 0 radical (unpaired) electrons. The van der Waals surface area contributed by atoms with Crippen molar-refractivity contribution in [3.8, 4) is 17.2 Å². The summed E-state index contributed by atoms with van der Waals surface area (Å²) < 4.78 is 16.5. The fourth-order valence-corrected chi connectivity index (χ4v) is 4.22. The van der Waals surface area contributed by atoms with E-state index in [0.717, 1.165) is 16.9 Å². The lowest BCUT2D eigenvalue weighted by atomic mass is 10.0. The van der Waals surface area contributed by atoms with E-state index in [4.69, 9.17) is 37.4 Å². The average molecular weight is 530 g/mol. The van der Waals surface area contributed by atoms with Crippen molar-refractivity contribution in [2.24, 2.45) is 0 Å². The molecule has 36 heavy (non-hydrogen) atoms. The van der Waals surface area contributed by atoms with Gasteiger partial charge >= 0.3 is 5.97 Å². The summed E-state index contributed by atoms with van der Waals surface area (Å²) in [5, 5.41) is 0.390. The quantitative estimate of drug-likeness (QED) is 0.263. The van der Waals surface area contributed by atoms with Gasteiger partial charge in [-0.1, -0.05) is 67.4 Å². The molecule has 8 heteroatoms. The van der Waals surface area contributed by atoms with Gasteiger partial charge in [0.15, 0.2) is 5.75 Å². The third-order valence-corrected chi connectivity index (χ3v) is 5.99. The first kappa shape index (κ1) is 27.4. The Kier molecular flexibility index (Phi) is 9.62. The van der Waals surface area contributed by atoms with Crippen LogP contribution >= 0.6 is 23.2 Å². The minimum absolute atomic E-state index is 0.0948. The highest BCUT2D eigenvalue weighted by Gasteiger charge is 2.23. The molecule has 0 heterocycles. The van der Waals surface area contributed by atoms with Gasteiger partial charge in [-0.2, -0.15) is 0 Å². The van der Waals surface area contributed by atoms with Crippen molar-refractivity contribution >= 4 is 40.8 Å². The lowest BCUT2D eigenvalue weighted by Gasteiger charge is -2.23. The summed E-state index contributed by atoms with van der Waals surface area (Å²) >= 11 is 13.1. The van der Waals surface area contributed by atoms with Crippen molar-refractivity contribution in [3.05, 3.63) is 81.8 Å². The molecule has 0 atom stereocenters. The molecular weight excluding hydrogens is 501 g/mol. The predicted octanol–water partition coefficient (Wildman–Crippen LogP) is 7.06. The maximum Gasteiger partial charge on any atom is 0.326 e. The number of carbonyl (C=O) groups is 2. The molecule has 0 saturated carbocycles. The van der Waals surface area contributed by atoms with Gasteiger partial charge in [0.25, 0.3) is 0 Å². The van der Waals surface area contributed by atoms with E-state index >= 15 is 0 Å². The molecule has 0 aromatic heterocycles. The highest BCUT2D eigenvalue weighted by atomic mass is 35.5. The summed E-state index contributed by atoms with van der Waals surface area (Å²) in [6, 6.07) is 17.8. The molecule has 0 fully saturated rings. The Morgan fingerprint density at radius 2 is 1.64 bits per heavy atom. The maximum absolute atomic E-state index is 13.2. The minimum Gasteiger partial charge on any atom is -0.496 e. The number of rotatable bonds is 10. The van der Waals surface area contributed by atoms with Crippen LogP contribution in [0.15, 0.2) is 60.7 Å². The number of amides is 1. The van der Waals surface area contributed by atoms with Gasteiger partial charge in [0.2, 0.25) is 5.91 Å². The fourth-order valence-electron chi connectivity index (χ4n) is 3.67. The summed E-state index contributed by atoms with van der Waals surface area (Å²) in [6.45, 7) is 5.75. The fraction of sp³-hybridized carbons (Fsp3) is 0.286. The molecule has 0 N–H and O–H groups in total. The lowest BCUT2D eigenvalue weighted by Crippen LogP contribution is -2.37. The molecule has 0 aliphatic heterocycles. The van der Waals surface area contributed by atoms with E-state index in [-0.39, 0.29) is 47.2 Å². The Bertz CT molecular complexity index is 1190. The zero-order chi connectivity index (χ0) is 26.2. The SMILES string of the molecule is CCOC(=O)CN(C(=O)Cc1ccccc1)c1cc(Cl)c(Oc2ccc(OC)c(C(C)C)c2)c(Cl)c1. The van der Waals surface area contributed by atoms with Gasteiger partial charge < -0.3 is 19.1 Å². The van der Waals surface area contributed by atoms with Gasteiger partial charge in [-0.15, -0.1) is 0 Å². The normalized spacial score (nSPS) is 10.8. The number of nitrogens with zero attached hydrogens (tertiary/aromatic N) is 1. The molecular formula is C28H29Cl2NO5. The Morgan fingerprint density at radius 3 is 2.22 bits per heavy atom. The third kappa shape index (κ3) is 6.93. The van der Waals surface area contributed by atoms with Crippen molar-refractivity contribution in [2.75, 3.05) is 25.2 Å². The summed E-state index contributed by atoms with van der Waals surface area (Å²) in [6.07, 6.45) is 0.0948.